The van der Waals surface area contributed by atoms with Crippen LogP contribution in [0.5, 0.6) is 0 Å². The molecule has 0 bridgehead atoms. The molecule has 3 nitrogen and oxygen atoms in total. The molecule has 0 aliphatic rings. The maximum Gasteiger partial charge on any atom is 0.117 e. The number of nitrogens with one attached hydrogen (secondary N) is 1. The lowest BCUT2D eigenvalue weighted by molar-refractivity contribution is 0.322. The highest BCUT2D eigenvalue weighted by atomic mass is 32.2. The van der Waals surface area contributed by atoms with Gasteiger partial charge in [-0.2, -0.15) is 11.8 Å². The van der Waals surface area contributed by atoms with Gasteiger partial charge in [-0.05, 0) is 24.6 Å². The van der Waals surface area contributed by atoms with Crippen molar-refractivity contribution >= 4 is 22.8 Å². The molecule has 0 unspecified atom stereocenters. The molecular weight excluding hydrogens is 208 g/mol. The van der Waals surface area contributed by atoms with Gasteiger partial charge < -0.3 is 10.1 Å². The summed E-state index contributed by atoms with van der Waals surface area (Å²) in [4.78, 5) is 7.75. The Hall–Kier alpha value is -1.00. The zero-order valence-corrected chi connectivity index (χ0v) is 9.47. The first-order chi connectivity index (χ1) is 7.29. The number of rotatable bonds is 4. The Morgan fingerprint density at radius 1 is 1.47 bits per heavy atom. The summed E-state index contributed by atoms with van der Waals surface area (Å²) in [6.45, 7) is 2.30. The van der Waals surface area contributed by atoms with Gasteiger partial charge in [-0.3, -0.25) is 0 Å². The summed E-state index contributed by atoms with van der Waals surface area (Å²) in [7, 11) is 0. The van der Waals surface area contributed by atoms with E-state index in [0.717, 1.165) is 28.4 Å². The van der Waals surface area contributed by atoms with E-state index in [1.54, 1.807) is 11.8 Å². The van der Waals surface area contributed by atoms with Crippen molar-refractivity contribution in [2.45, 2.75) is 12.7 Å². The molecule has 15 heavy (non-hydrogen) atoms. The van der Waals surface area contributed by atoms with E-state index in [4.69, 9.17) is 5.11 Å². The molecule has 1 aromatic carbocycles. The molecule has 0 spiro atoms. The van der Waals surface area contributed by atoms with Crippen LogP contribution in [0.25, 0.3) is 11.0 Å². The van der Waals surface area contributed by atoms with Crippen LogP contribution in [0.15, 0.2) is 18.2 Å². The van der Waals surface area contributed by atoms with E-state index in [1.165, 1.54) is 5.56 Å². The lowest BCUT2D eigenvalue weighted by atomic mass is 10.2. The third-order valence-corrected chi connectivity index (χ3v) is 3.11. The number of aromatic amines is 1. The highest BCUT2D eigenvalue weighted by molar-refractivity contribution is 7.98. The Labute approximate surface area is 92.9 Å². The fraction of sp³-hybridized carbons (Fsp3) is 0.364. The number of hydrogen-bond acceptors (Lipinski definition) is 3. The quantitative estimate of drug-likeness (QED) is 0.779. The van der Waals surface area contributed by atoms with Crippen molar-refractivity contribution in [1.82, 2.24) is 9.97 Å². The Bertz CT molecular complexity index is 453. The van der Waals surface area contributed by atoms with Crippen LogP contribution in [-0.2, 0) is 5.75 Å². The summed E-state index contributed by atoms with van der Waals surface area (Å²) in [6, 6.07) is 6.19. The highest BCUT2D eigenvalue weighted by Gasteiger charge is 2.02. The first kappa shape index (κ1) is 10.5. The summed E-state index contributed by atoms with van der Waals surface area (Å²) in [5.74, 6) is 2.57. The van der Waals surface area contributed by atoms with Gasteiger partial charge in [-0.1, -0.05) is 6.07 Å². The molecule has 0 saturated carbocycles. The van der Waals surface area contributed by atoms with Crippen LogP contribution in [0.2, 0.25) is 0 Å². The highest BCUT2D eigenvalue weighted by Crippen LogP contribution is 2.16. The fourth-order valence-electron chi connectivity index (χ4n) is 1.48. The molecule has 0 amide bonds. The van der Waals surface area contributed by atoms with Crippen LogP contribution in [0.1, 0.15) is 11.4 Å². The third kappa shape index (κ3) is 2.52. The van der Waals surface area contributed by atoms with Crippen LogP contribution in [0.4, 0.5) is 0 Å². The number of aliphatic hydroxyl groups excluding tert-OH is 1. The lowest BCUT2D eigenvalue weighted by Gasteiger charge is -1.93. The first-order valence-electron chi connectivity index (χ1n) is 4.93. The summed E-state index contributed by atoms with van der Waals surface area (Å²) in [6.07, 6.45) is 0. The molecule has 80 valence electrons. The molecule has 2 N–H and O–H groups in total. The minimum Gasteiger partial charge on any atom is -0.396 e. The minimum absolute atomic E-state index is 0.226. The number of H-pyrrole nitrogens is 1. The van der Waals surface area contributed by atoms with E-state index < -0.39 is 0 Å². The van der Waals surface area contributed by atoms with Crippen molar-refractivity contribution in [1.29, 1.82) is 0 Å². The van der Waals surface area contributed by atoms with E-state index >= 15 is 0 Å². The summed E-state index contributed by atoms with van der Waals surface area (Å²) in [5, 5.41) is 8.67. The normalized spacial score (nSPS) is 11.1. The van der Waals surface area contributed by atoms with Crippen LogP contribution in [0, 0.1) is 6.92 Å². The van der Waals surface area contributed by atoms with E-state index in [1.807, 2.05) is 6.07 Å². The molecule has 0 aliphatic carbocycles. The van der Waals surface area contributed by atoms with Gasteiger partial charge in [0.15, 0.2) is 0 Å². The number of thioether (sulfide) groups is 1. The van der Waals surface area contributed by atoms with Crippen molar-refractivity contribution in [3.05, 3.63) is 29.6 Å². The number of benzene rings is 1. The first-order valence-corrected chi connectivity index (χ1v) is 6.09. The molecule has 0 saturated heterocycles. The maximum atomic E-state index is 8.67. The van der Waals surface area contributed by atoms with Crippen molar-refractivity contribution in [2.75, 3.05) is 12.4 Å². The van der Waals surface area contributed by atoms with Crippen LogP contribution in [-0.4, -0.2) is 27.4 Å². The molecule has 0 atom stereocenters. The summed E-state index contributed by atoms with van der Waals surface area (Å²) >= 11 is 1.68. The molecule has 0 aliphatic heterocycles. The van der Waals surface area contributed by atoms with Gasteiger partial charge in [-0.25, -0.2) is 4.98 Å². The molecule has 0 radical (unpaired) electrons. The Morgan fingerprint density at radius 2 is 2.33 bits per heavy atom. The number of imidazole rings is 1. The van der Waals surface area contributed by atoms with Crippen LogP contribution < -0.4 is 0 Å². The van der Waals surface area contributed by atoms with E-state index in [2.05, 4.69) is 29.0 Å². The number of hydrogen-bond donors (Lipinski definition) is 2. The minimum atomic E-state index is 0.226. The maximum absolute atomic E-state index is 8.67. The number of aryl methyl sites for hydroxylation is 1. The van der Waals surface area contributed by atoms with Crippen molar-refractivity contribution in [3.63, 3.8) is 0 Å². The Balaban J connectivity index is 2.16. The van der Waals surface area contributed by atoms with Crippen molar-refractivity contribution in [3.8, 4) is 0 Å². The van der Waals surface area contributed by atoms with Gasteiger partial charge in [-0.15, -0.1) is 0 Å². The van der Waals surface area contributed by atoms with Crippen LogP contribution in [0.3, 0.4) is 0 Å². The lowest BCUT2D eigenvalue weighted by Crippen LogP contribution is -1.89. The van der Waals surface area contributed by atoms with Crippen molar-refractivity contribution < 1.29 is 5.11 Å². The van der Waals surface area contributed by atoms with E-state index in [-0.39, 0.29) is 6.61 Å². The van der Waals surface area contributed by atoms with E-state index in [9.17, 15) is 0 Å². The van der Waals surface area contributed by atoms with Gasteiger partial charge in [0.1, 0.15) is 5.82 Å². The second-order valence-corrected chi connectivity index (χ2v) is 4.59. The SMILES string of the molecule is Cc1ccc2nc(CSCCO)[nH]c2c1. The second kappa shape index (κ2) is 4.68. The number of aromatic nitrogens is 2. The van der Waals surface area contributed by atoms with E-state index in [0.29, 0.717) is 0 Å². The average Bonchev–Trinajstić information content (AvgIpc) is 2.60. The molecule has 0 fully saturated rings. The topological polar surface area (TPSA) is 48.9 Å². The molecule has 1 heterocycles. The fourth-order valence-corrected chi connectivity index (χ4v) is 2.08. The largest absolute Gasteiger partial charge is 0.396 e. The smallest absolute Gasteiger partial charge is 0.117 e. The number of nitrogens with zero attached hydrogens (tertiary/aromatic N) is 1. The van der Waals surface area contributed by atoms with Gasteiger partial charge in [0.2, 0.25) is 0 Å². The third-order valence-electron chi connectivity index (χ3n) is 2.16. The number of fused-ring (bicyclic) bond motifs is 1. The molecule has 2 aromatic rings. The van der Waals surface area contributed by atoms with Gasteiger partial charge in [0, 0.05) is 5.75 Å². The molecule has 4 heteroatoms. The number of aliphatic hydroxyl groups is 1. The molecule has 1 aromatic heterocycles. The van der Waals surface area contributed by atoms with Crippen molar-refractivity contribution in [2.24, 2.45) is 0 Å². The zero-order chi connectivity index (χ0) is 10.7. The average molecular weight is 222 g/mol. The Kier molecular flexibility index (Phi) is 3.28. The van der Waals surface area contributed by atoms with Gasteiger partial charge in [0.25, 0.3) is 0 Å². The standard InChI is InChI=1S/C11H14N2OS/c1-8-2-3-9-10(6-8)13-11(12-9)7-15-5-4-14/h2-3,6,14H,4-5,7H2,1H3,(H,12,13). The van der Waals surface area contributed by atoms with Gasteiger partial charge >= 0.3 is 0 Å². The van der Waals surface area contributed by atoms with Gasteiger partial charge in [0.05, 0.1) is 23.4 Å². The van der Waals surface area contributed by atoms with Crippen LogP contribution >= 0.6 is 11.8 Å². The molecular formula is C11H14N2OS. The summed E-state index contributed by atoms with van der Waals surface area (Å²) < 4.78 is 0. The monoisotopic (exact) mass is 222 g/mol. The predicted octanol–water partition coefficient (Wildman–Crippen LogP) is 2.10. The summed E-state index contributed by atoms with van der Waals surface area (Å²) in [5.41, 5.74) is 3.34. The predicted molar refractivity (Wildman–Crippen MR) is 64.1 cm³/mol. The second-order valence-electron chi connectivity index (χ2n) is 3.48. The Morgan fingerprint density at radius 3 is 3.13 bits per heavy atom. The zero-order valence-electron chi connectivity index (χ0n) is 8.66. The molecule has 2 rings (SSSR count).